The minimum Gasteiger partial charge on any atom is -0.354 e. The van der Waals surface area contributed by atoms with E-state index in [4.69, 9.17) is 0 Å². The van der Waals surface area contributed by atoms with Crippen molar-refractivity contribution in [3.63, 3.8) is 0 Å². The van der Waals surface area contributed by atoms with Gasteiger partial charge in [0.2, 0.25) is 11.9 Å². The molecule has 0 radical (unpaired) electrons. The van der Waals surface area contributed by atoms with E-state index in [2.05, 4.69) is 20.2 Å². The molecular formula is C18H29N5O3S. The Hall–Kier alpha value is -1.74. The summed E-state index contributed by atoms with van der Waals surface area (Å²) in [6, 6.07) is 2.06. The van der Waals surface area contributed by atoms with Crippen LogP contribution in [0, 0.1) is 13.8 Å². The van der Waals surface area contributed by atoms with Gasteiger partial charge in [0, 0.05) is 56.6 Å². The molecule has 1 N–H and O–H groups in total. The second-order valence-corrected chi connectivity index (χ2v) is 9.71. The summed E-state index contributed by atoms with van der Waals surface area (Å²) in [5, 5.41) is 3.18. The van der Waals surface area contributed by atoms with Gasteiger partial charge in [-0.25, -0.2) is 18.4 Å². The van der Waals surface area contributed by atoms with Crippen molar-refractivity contribution < 1.29 is 13.2 Å². The zero-order chi connectivity index (χ0) is 19.4. The Balaban J connectivity index is 1.36. The summed E-state index contributed by atoms with van der Waals surface area (Å²) in [6.45, 7) is 7.43. The second kappa shape index (κ2) is 8.52. The SMILES string of the molecule is Cc1cc(C)nc(NCCCC(=O)N2CCN(C3CCS(=O)(=O)C3)CC2)n1. The van der Waals surface area contributed by atoms with Crippen LogP contribution in [0.5, 0.6) is 0 Å². The van der Waals surface area contributed by atoms with E-state index in [1.807, 2.05) is 24.8 Å². The molecule has 1 atom stereocenters. The Morgan fingerprint density at radius 1 is 1.19 bits per heavy atom. The number of anilines is 1. The van der Waals surface area contributed by atoms with Gasteiger partial charge in [-0.15, -0.1) is 0 Å². The van der Waals surface area contributed by atoms with Crippen LogP contribution in [0.1, 0.15) is 30.7 Å². The van der Waals surface area contributed by atoms with Crippen molar-refractivity contribution in [2.75, 3.05) is 49.5 Å². The average molecular weight is 396 g/mol. The van der Waals surface area contributed by atoms with Gasteiger partial charge in [0.15, 0.2) is 9.84 Å². The van der Waals surface area contributed by atoms with Crippen LogP contribution in [0.25, 0.3) is 0 Å². The van der Waals surface area contributed by atoms with Gasteiger partial charge in [-0.05, 0) is 32.8 Å². The highest BCUT2D eigenvalue weighted by Crippen LogP contribution is 2.19. The van der Waals surface area contributed by atoms with Crippen LogP contribution in [-0.2, 0) is 14.6 Å². The average Bonchev–Trinajstić information content (AvgIpc) is 2.98. The molecule has 150 valence electrons. The summed E-state index contributed by atoms with van der Waals surface area (Å²) in [5.41, 5.74) is 1.85. The maximum Gasteiger partial charge on any atom is 0.223 e. The van der Waals surface area contributed by atoms with Crippen molar-refractivity contribution in [3.8, 4) is 0 Å². The number of nitrogens with one attached hydrogen (secondary N) is 1. The zero-order valence-corrected chi connectivity index (χ0v) is 17.0. The van der Waals surface area contributed by atoms with E-state index in [0.29, 0.717) is 37.8 Å². The second-order valence-electron chi connectivity index (χ2n) is 7.48. The number of hydrogen-bond acceptors (Lipinski definition) is 7. The number of aromatic nitrogens is 2. The lowest BCUT2D eigenvalue weighted by Gasteiger charge is -2.37. The molecule has 2 fully saturated rings. The smallest absolute Gasteiger partial charge is 0.223 e. The van der Waals surface area contributed by atoms with E-state index in [1.165, 1.54) is 0 Å². The number of carbonyl (C=O) groups is 1. The van der Waals surface area contributed by atoms with Crippen molar-refractivity contribution >= 4 is 21.7 Å². The molecule has 9 heteroatoms. The lowest BCUT2D eigenvalue weighted by atomic mass is 10.2. The molecule has 1 amide bonds. The van der Waals surface area contributed by atoms with Crippen LogP contribution in [-0.4, -0.2) is 84.4 Å². The van der Waals surface area contributed by atoms with E-state index >= 15 is 0 Å². The molecule has 0 aromatic carbocycles. The maximum absolute atomic E-state index is 12.4. The van der Waals surface area contributed by atoms with Crippen LogP contribution in [0.15, 0.2) is 6.07 Å². The molecule has 27 heavy (non-hydrogen) atoms. The Morgan fingerprint density at radius 3 is 2.44 bits per heavy atom. The normalized spacial score (nSPS) is 22.7. The Morgan fingerprint density at radius 2 is 1.85 bits per heavy atom. The number of carbonyl (C=O) groups excluding carboxylic acids is 1. The number of nitrogens with zero attached hydrogens (tertiary/aromatic N) is 4. The predicted octanol–water partition coefficient (Wildman–Crippen LogP) is 0.617. The fourth-order valence-electron chi connectivity index (χ4n) is 3.80. The third kappa shape index (κ3) is 5.62. The minimum absolute atomic E-state index is 0.134. The van der Waals surface area contributed by atoms with Crippen LogP contribution >= 0.6 is 0 Å². The zero-order valence-electron chi connectivity index (χ0n) is 16.1. The first kappa shape index (κ1) is 20.0. The molecule has 0 saturated carbocycles. The molecule has 2 aliphatic rings. The topological polar surface area (TPSA) is 95.5 Å². The minimum atomic E-state index is -2.86. The van der Waals surface area contributed by atoms with Crippen molar-refractivity contribution in [2.45, 2.75) is 39.2 Å². The van der Waals surface area contributed by atoms with E-state index < -0.39 is 9.84 Å². The fraction of sp³-hybridized carbons (Fsp3) is 0.722. The standard InChI is InChI=1S/C18H29N5O3S/c1-14-12-15(2)21-18(20-14)19-6-3-4-17(24)23-9-7-22(8-10-23)16-5-11-27(25,26)13-16/h12,16H,3-11,13H2,1-2H3,(H,19,20,21). The van der Waals surface area contributed by atoms with Gasteiger partial charge in [-0.3, -0.25) is 9.69 Å². The highest BCUT2D eigenvalue weighted by atomic mass is 32.2. The lowest BCUT2D eigenvalue weighted by molar-refractivity contribution is -0.133. The number of hydrogen-bond donors (Lipinski definition) is 1. The number of aryl methyl sites for hydroxylation is 2. The summed E-state index contributed by atoms with van der Waals surface area (Å²) < 4.78 is 23.3. The quantitative estimate of drug-likeness (QED) is 0.705. The van der Waals surface area contributed by atoms with Gasteiger partial charge < -0.3 is 10.2 Å². The maximum atomic E-state index is 12.4. The molecule has 3 rings (SSSR count). The van der Waals surface area contributed by atoms with Crippen molar-refractivity contribution in [1.82, 2.24) is 19.8 Å². The molecule has 3 heterocycles. The van der Waals surface area contributed by atoms with E-state index in [1.54, 1.807) is 0 Å². The highest BCUT2D eigenvalue weighted by Gasteiger charge is 2.34. The first-order valence-electron chi connectivity index (χ1n) is 9.61. The first-order valence-corrected chi connectivity index (χ1v) is 11.4. The molecule has 2 aliphatic heterocycles. The third-order valence-corrected chi connectivity index (χ3v) is 6.97. The largest absolute Gasteiger partial charge is 0.354 e. The molecule has 0 spiro atoms. The summed E-state index contributed by atoms with van der Waals surface area (Å²) in [5.74, 6) is 1.35. The van der Waals surface area contributed by atoms with Gasteiger partial charge in [0.1, 0.15) is 0 Å². The van der Waals surface area contributed by atoms with Gasteiger partial charge >= 0.3 is 0 Å². The van der Waals surface area contributed by atoms with Gasteiger partial charge in [0.25, 0.3) is 0 Å². The van der Waals surface area contributed by atoms with Gasteiger partial charge in [0.05, 0.1) is 11.5 Å². The third-order valence-electron chi connectivity index (χ3n) is 5.22. The monoisotopic (exact) mass is 395 g/mol. The predicted molar refractivity (Wildman–Crippen MR) is 104 cm³/mol. The molecule has 0 aliphatic carbocycles. The molecule has 1 aromatic heterocycles. The summed E-state index contributed by atoms with van der Waals surface area (Å²) >= 11 is 0. The Labute approximate surface area is 161 Å². The highest BCUT2D eigenvalue weighted by molar-refractivity contribution is 7.91. The summed E-state index contributed by atoms with van der Waals surface area (Å²) in [7, 11) is -2.86. The Kier molecular flexibility index (Phi) is 6.31. The molecule has 0 bridgehead atoms. The van der Waals surface area contributed by atoms with Crippen LogP contribution < -0.4 is 5.32 Å². The van der Waals surface area contributed by atoms with Crippen molar-refractivity contribution in [2.24, 2.45) is 0 Å². The molecule has 2 saturated heterocycles. The number of sulfone groups is 1. The molecular weight excluding hydrogens is 366 g/mol. The van der Waals surface area contributed by atoms with E-state index in [0.717, 1.165) is 37.3 Å². The molecule has 8 nitrogen and oxygen atoms in total. The molecule has 1 aromatic rings. The van der Waals surface area contributed by atoms with Crippen LogP contribution in [0.3, 0.4) is 0 Å². The number of piperazine rings is 1. The van der Waals surface area contributed by atoms with Crippen molar-refractivity contribution in [1.29, 1.82) is 0 Å². The first-order chi connectivity index (χ1) is 12.8. The van der Waals surface area contributed by atoms with Crippen molar-refractivity contribution in [3.05, 3.63) is 17.5 Å². The van der Waals surface area contributed by atoms with Crippen LogP contribution in [0.4, 0.5) is 5.95 Å². The Bertz CT molecular complexity index is 755. The van der Waals surface area contributed by atoms with Gasteiger partial charge in [-0.2, -0.15) is 0 Å². The number of amides is 1. The lowest BCUT2D eigenvalue weighted by Crippen LogP contribution is -2.52. The van der Waals surface area contributed by atoms with Crippen LogP contribution in [0.2, 0.25) is 0 Å². The van der Waals surface area contributed by atoms with Gasteiger partial charge in [-0.1, -0.05) is 0 Å². The summed E-state index contributed by atoms with van der Waals surface area (Å²) in [6.07, 6.45) is 1.95. The summed E-state index contributed by atoms with van der Waals surface area (Å²) in [4.78, 5) is 25.2. The molecule has 1 unspecified atom stereocenters. The van der Waals surface area contributed by atoms with E-state index in [9.17, 15) is 13.2 Å². The fourth-order valence-corrected chi connectivity index (χ4v) is 5.56. The number of rotatable bonds is 6. The van der Waals surface area contributed by atoms with E-state index in [-0.39, 0.29) is 17.7 Å².